The van der Waals surface area contributed by atoms with E-state index in [-0.39, 0.29) is 12.5 Å². The molecule has 0 aliphatic carbocycles. The van der Waals surface area contributed by atoms with Crippen molar-refractivity contribution in [3.05, 3.63) is 42.1 Å². The van der Waals surface area contributed by atoms with Gasteiger partial charge in [-0.05, 0) is 17.8 Å². The molecule has 0 radical (unpaired) electrons. The number of carbonyl (C=O) groups is 1. The van der Waals surface area contributed by atoms with Crippen molar-refractivity contribution in [1.82, 2.24) is 9.80 Å². The van der Waals surface area contributed by atoms with Gasteiger partial charge >= 0.3 is 0 Å². The number of amides is 1. The number of nitrogens with zero attached hydrogens (tertiary/aromatic N) is 2. The molecule has 1 aliphatic heterocycles. The van der Waals surface area contributed by atoms with E-state index in [1.54, 1.807) is 0 Å². The molecule has 0 aromatic heterocycles. The Bertz CT molecular complexity index is 408. The minimum atomic E-state index is 0.0432. The van der Waals surface area contributed by atoms with Crippen LogP contribution in [0.5, 0.6) is 0 Å². The van der Waals surface area contributed by atoms with Gasteiger partial charge in [0.1, 0.15) is 0 Å². The van der Waals surface area contributed by atoms with Crippen molar-refractivity contribution in [2.75, 3.05) is 32.7 Å². The van der Waals surface area contributed by atoms with E-state index in [1.807, 2.05) is 23.1 Å². The molecule has 4 heteroatoms. The molecule has 0 unspecified atom stereocenters. The van der Waals surface area contributed by atoms with Gasteiger partial charge in [-0.15, -0.1) is 0 Å². The predicted molar refractivity (Wildman–Crippen MR) is 72.7 cm³/mol. The summed E-state index contributed by atoms with van der Waals surface area (Å²) in [5, 5.41) is 0. The largest absolute Gasteiger partial charge is 0.374 e. The average molecular weight is 245 g/mol. The van der Waals surface area contributed by atoms with Gasteiger partial charge < -0.3 is 15.5 Å². The number of nitrogens with two attached hydrogens (primary N) is 1. The fraction of sp³-hybridized carbons (Fsp3) is 0.357. The van der Waals surface area contributed by atoms with E-state index in [2.05, 4.69) is 29.3 Å². The van der Waals surface area contributed by atoms with Gasteiger partial charge in [-0.25, -0.2) is 0 Å². The van der Waals surface area contributed by atoms with Crippen LogP contribution in [0.4, 0.5) is 0 Å². The second kappa shape index (κ2) is 6.21. The Hall–Kier alpha value is -1.81. The van der Waals surface area contributed by atoms with E-state index in [9.17, 15) is 4.79 Å². The third-order valence-corrected chi connectivity index (χ3v) is 3.12. The predicted octanol–water partition coefficient (Wildman–Crippen LogP) is 0.760. The molecular weight excluding hydrogens is 226 g/mol. The minimum Gasteiger partial charge on any atom is -0.374 e. The van der Waals surface area contributed by atoms with Crippen LogP contribution in [0.2, 0.25) is 0 Å². The van der Waals surface area contributed by atoms with Crippen LogP contribution in [0.15, 0.2) is 36.5 Å². The number of piperazine rings is 1. The molecule has 1 heterocycles. The highest BCUT2D eigenvalue weighted by Crippen LogP contribution is 2.06. The van der Waals surface area contributed by atoms with Crippen molar-refractivity contribution < 1.29 is 4.79 Å². The van der Waals surface area contributed by atoms with E-state index in [1.165, 1.54) is 5.56 Å². The zero-order chi connectivity index (χ0) is 12.8. The summed E-state index contributed by atoms with van der Waals surface area (Å²) in [5.74, 6) is 0.0432. The van der Waals surface area contributed by atoms with E-state index in [0.717, 1.165) is 26.2 Å². The van der Waals surface area contributed by atoms with Crippen molar-refractivity contribution in [1.29, 1.82) is 0 Å². The van der Waals surface area contributed by atoms with Gasteiger partial charge in [0.15, 0.2) is 0 Å². The zero-order valence-corrected chi connectivity index (χ0v) is 10.5. The minimum absolute atomic E-state index is 0.0432. The van der Waals surface area contributed by atoms with Crippen LogP contribution in [-0.4, -0.2) is 48.4 Å². The standard InChI is InChI=1S/C14H19N3O/c15-12-14(18)17-10-8-16(9-11-17)7-6-13-4-2-1-3-5-13/h1-7H,8-12,15H2. The van der Waals surface area contributed by atoms with Crippen molar-refractivity contribution in [3.8, 4) is 0 Å². The number of rotatable bonds is 3. The van der Waals surface area contributed by atoms with E-state index in [0.29, 0.717) is 0 Å². The van der Waals surface area contributed by atoms with Gasteiger partial charge in [0.25, 0.3) is 0 Å². The molecule has 96 valence electrons. The molecule has 1 aliphatic rings. The van der Waals surface area contributed by atoms with Crippen LogP contribution in [0.3, 0.4) is 0 Å². The molecule has 1 aromatic rings. The molecule has 0 atom stereocenters. The molecule has 1 amide bonds. The van der Waals surface area contributed by atoms with Crippen molar-refractivity contribution in [2.24, 2.45) is 5.73 Å². The molecular formula is C14H19N3O. The summed E-state index contributed by atoms with van der Waals surface area (Å²) in [6.07, 6.45) is 4.19. The summed E-state index contributed by atoms with van der Waals surface area (Å²) >= 11 is 0. The lowest BCUT2D eigenvalue weighted by molar-refractivity contribution is -0.131. The fourth-order valence-electron chi connectivity index (χ4n) is 2.01. The summed E-state index contributed by atoms with van der Waals surface area (Å²) < 4.78 is 0. The number of benzene rings is 1. The summed E-state index contributed by atoms with van der Waals surface area (Å²) in [5.41, 5.74) is 6.55. The van der Waals surface area contributed by atoms with Crippen LogP contribution in [0.25, 0.3) is 6.08 Å². The number of hydrogen-bond acceptors (Lipinski definition) is 3. The SMILES string of the molecule is NCC(=O)N1CCN(C=Cc2ccccc2)CC1. The maximum atomic E-state index is 11.4. The van der Waals surface area contributed by atoms with Gasteiger partial charge in [0.05, 0.1) is 6.54 Å². The van der Waals surface area contributed by atoms with Gasteiger partial charge in [-0.3, -0.25) is 4.79 Å². The van der Waals surface area contributed by atoms with E-state index < -0.39 is 0 Å². The Kier molecular flexibility index (Phi) is 4.36. The summed E-state index contributed by atoms with van der Waals surface area (Å²) in [7, 11) is 0. The lowest BCUT2D eigenvalue weighted by Gasteiger charge is -2.33. The molecule has 1 saturated heterocycles. The molecule has 1 aromatic carbocycles. The topological polar surface area (TPSA) is 49.6 Å². The molecule has 1 fully saturated rings. The molecule has 2 rings (SSSR count). The van der Waals surface area contributed by atoms with Crippen LogP contribution < -0.4 is 5.73 Å². The van der Waals surface area contributed by atoms with Gasteiger partial charge in [0, 0.05) is 26.2 Å². The van der Waals surface area contributed by atoms with Gasteiger partial charge in [-0.1, -0.05) is 30.3 Å². The summed E-state index contributed by atoms with van der Waals surface area (Å²) in [4.78, 5) is 15.5. The first-order chi connectivity index (χ1) is 8.79. The first-order valence-corrected chi connectivity index (χ1v) is 6.25. The Balaban J connectivity index is 1.84. The second-order valence-corrected chi connectivity index (χ2v) is 4.35. The zero-order valence-electron chi connectivity index (χ0n) is 10.5. The maximum absolute atomic E-state index is 11.4. The van der Waals surface area contributed by atoms with Crippen molar-refractivity contribution >= 4 is 12.0 Å². The van der Waals surface area contributed by atoms with Crippen LogP contribution in [0, 0.1) is 0 Å². The summed E-state index contributed by atoms with van der Waals surface area (Å²) in [6, 6.07) is 10.2. The Morgan fingerprint density at radius 1 is 1.17 bits per heavy atom. The molecule has 2 N–H and O–H groups in total. The highest BCUT2D eigenvalue weighted by atomic mass is 16.2. The second-order valence-electron chi connectivity index (χ2n) is 4.35. The summed E-state index contributed by atoms with van der Waals surface area (Å²) in [6.45, 7) is 3.37. The Morgan fingerprint density at radius 2 is 1.83 bits per heavy atom. The van der Waals surface area contributed by atoms with Crippen molar-refractivity contribution in [2.45, 2.75) is 0 Å². The molecule has 0 bridgehead atoms. The molecule has 18 heavy (non-hydrogen) atoms. The highest BCUT2D eigenvalue weighted by molar-refractivity contribution is 5.78. The first kappa shape index (κ1) is 12.6. The number of carbonyl (C=O) groups excluding carboxylic acids is 1. The first-order valence-electron chi connectivity index (χ1n) is 6.25. The fourth-order valence-corrected chi connectivity index (χ4v) is 2.01. The molecule has 0 spiro atoms. The highest BCUT2D eigenvalue weighted by Gasteiger charge is 2.17. The maximum Gasteiger partial charge on any atom is 0.236 e. The van der Waals surface area contributed by atoms with Crippen LogP contribution >= 0.6 is 0 Å². The van der Waals surface area contributed by atoms with Gasteiger partial charge in [-0.2, -0.15) is 0 Å². The van der Waals surface area contributed by atoms with E-state index >= 15 is 0 Å². The third-order valence-electron chi connectivity index (χ3n) is 3.12. The molecule has 0 saturated carbocycles. The van der Waals surface area contributed by atoms with Crippen molar-refractivity contribution in [3.63, 3.8) is 0 Å². The van der Waals surface area contributed by atoms with Crippen LogP contribution in [-0.2, 0) is 4.79 Å². The average Bonchev–Trinajstić information content (AvgIpc) is 2.46. The van der Waals surface area contributed by atoms with Crippen LogP contribution in [0.1, 0.15) is 5.56 Å². The van der Waals surface area contributed by atoms with E-state index in [4.69, 9.17) is 5.73 Å². The monoisotopic (exact) mass is 245 g/mol. The number of hydrogen-bond donors (Lipinski definition) is 1. The lowest BCUT2D eigenvalue weighted by Crippen LogP contribution is -2.48. The lowest BCUT2D eigenvalue weighted by atomic mass is 10.2. The third kappa shape index (κ3) is 3.34. The smallest absolute Gasteiger partial charge is 0.236 e. The van der Waals surface area contributed by atoms with Gasteiger partial charge in [0.2, 0.25) is 5.91 Å². The Labute approximate surface area is 108 Å². The quantitative estimate of drug-likeness (QED) is 0.855. The Morgan fingerprint density at radius 3 is 2.44 bits per heavy atom. The molecule has 4 nitrogen and oxygen atoms in total. The normalized spacial score (nSPS) is 16.3.